The fourth-order valence-electron chi connectivity index (χ4n) is 2.15. The van der Waals surface area contributed by atoms with Gasteiger partial charge in [-0.15, -0.1) is 0 Å². The second kappa shape index (κ2) is 6.77. The van der Waals surface area contributed by atoms with E-state index >= 15 is 0 Å². The highest BCUT2D eigenvalue weighted by Gasteiger charge is 2.16. The largest absolute Gasteiger partial charge is 0.349 e. The molecule has 1 amide bonds. The maximum Gasteiger partial charge on any atom is 0.251 e. The summed E-state index contributed by atoms with van der Waals surface area (Å²) in [6, 6.07) is 7.90. The topological polar surface area (TPSA) is 64.1 Å². The van der Waals surface area contributed by atoms with Crippen LogP contribution in [0.2, 0.25) is 1.41 Å². The highest BCUT2D eigenvalue weighted by molar-refractivity contribution is 9.10. The van der Waals surface area contributed by atoms with Gasteiger partial charge in [-0.3, -0.25) is 4.79 Å². The third-order valence-electron chi connectivity index (χ3n) is 3.03. The molecule has 0 saturated heterocycles. The summed E-state index contributed by atoms with van der Waals surface area (Å²) in [5, 5.41) is 3.10. The number of hydrogen-bond donors (Lipinski definition) is 2. The van der Waals surface area contributed by atoms with E-state index < -0.39 is 0 Å². The molecule has 17 heavy (non-hydrogen) atoms. The first-order valence-electron chi connectivity index (χ1n) is 6.40. The Hall–Kier alpha value is -0.870. The lowest BCUT2D eigenvalue weighted by atomic mass is 9.95. The zero-order valence-corrected chi connectivity index (χ0v) is 11.4. The van der Waals surface area contributed by atoms with Crippen molar-refractivity contribution in [2.24, 2.45) is 0 Å². The Morgan fingerprint density at radius 2 is 2.06 bits per heavy atom. The van der Waals surface area contributed by atoms with E-state index in [0.717, 1.165) is 22.9 Å². The van der Waals surface area contributed by atoms with Gasteiger partial charge >= 0.3 is 0 Å². The third-order valence-corrected chi connectivity index (χ3v) is 3.52. The molecule has 4 N–H and O–H groups in total. The molecule has 1 aromatic rings. The number of carbonyl (C=O) groups is 1. The van der Waals surface area contributed by atoms with Crippen LogP contribution in [0.25, 0.3) is 0 Å². The molecule has 0 aliphatic heterocycles. The van der Waals surface area contributed by atoms with Crippen LogP contribution in [-0.2, 0) is 0 Å². The Bertz CT molecular complexity index is 381. The Labute approximate surface area is 112 Å². The molecule has 0 atom stereocenters. The molecule has 2 rings (SSSR count). The van der Waals surface area contributed by atoms with Crippen molar-refractivity contribution in [2.45, 2.75) is 38.1 Å². The zero-order valence-electron chi connectivity index (χ0n) is 10.8. The van der Waals surface area contributed by atoms with Gasteiger partial charge in [-0.05, 0) is 31.0 Å². The van der Waals surface area contributed by atoms with Gasteiger partial charge in [-0.2, -0.15) is 0 Å². The van der Waals surface area contributed by atoms with Gasteiger partial charge in [0.2, 0.25) is 0 Å². The number of rotatable bonds is 2. The molecule has 94 valence electrons. The van der Waals surface area contributed by atoms with Crippen molar-refractivity contribution in [3.63, 3.8) is 0 Å². The molecule has 0 spiro atoms. The minimum Gasteiger partial charge on any atom is -0.349 e. The van der Waals surface area contributed by atoms with Gasteiger partial charge in [-0.1, -0.05) is 41.3 Å². The third kappa shape index (κ3) is 4.13. The summed E-state index contributed by atoms with van der Waals surface area (Å²) < 4.78 is 6.20. The summed E-state index contributed by atoms with van der Waals surface area (Å²) in [5.74, 6) is 0.0493. The van der Waals surface area contributed by atoms with Gasteiger partial charge in [0.25, 0.3) is 5.91 Å². The summed E-state index contributed by atoms with van der Waals surface area (Å²) in [5.41, 5.74) is 0.736. The van der Waals surface area contributed by atoms with Crippen LogP contribution < -0.4 is 11.5 Å². The molecule has 1 aromatic carbocycles. The number of carbonyl (C=O) groups excluding carboxylic acids is 1. The first-order chi connectivity index (χ1) is 8.75. The summed E-state index contributed by atoms with van der Waals surface area (Å²) >= 11 is 3.38. The summed E-state index contributed by atoms with van der Waals surface area (Å²) in [4.78, 5) is 11.9. The second-order valence-electron chi connectivity index (χ2n) is 4.32. The fourth-order valence-corrected chi connectivity index (χ4v) is 2.54. The lowest BCUT2D eigenvalue weighted by molar-refractivity contribution is 0.0927. The average molecular weight is 300 g/mol. The Kier molecular flexibility index (Phi) is 5.01. The van der Waals surface area contributed by atoms with Crippen molar-refractivity contribution in [1.82, 2.24) is 11.5 Å². The van der Waals surface area contributed by atoms with E-state index in [1.165, 1.54) is 19.3 Å². The average Bonchev–Trinajstić information content (AvgIpc) is 2.42. The van der Waals surface area contributed by atoms with Crippen molar-refractivity contribution in [3.8, 4) is 0 Å². The Morgan fingerprint density at radius 1 is 1.35 bits per heavy atom. The zero-order chi connectivity index (χ0) is 13.4. The van der Waals surface area contributed by atoms with E-state index in [4.69, 9.17) is 1.41 Å². The van der Waals surface area contributed by atoms with Gasteiger partial charge in [0.1, 0.15) is 1.41 Å². The first kappa shape index (κ1) is 12.6. The second-order valence-corrected chi connectivity index (χ2v) is 5.23. The minimum atomic E-state index is 0.0493. The lowest BCUT2D eigenvalue weighted by Crippen LogP contribution is -2.36. The van der Waals surface area contributed by atoms with E-state index in [2.05, 4.69) is 27.4 Å². The van der Waals surface area contributed by atoms with E-state index in [1.807, 2.05) is 24.3 Å². The van der Waals surface area contributed by atoms with E-state index in [-0.39, 0.29) is 5.91 Å². The Balaban J connectivity index is 0.000000771. The highest BCUT2D eigenvalue weighted by Crippen LogP contribution is 2.18. The normalized spacial score (nSPS) is 16.5. The standard InChI is InChI=1S/C13H16BrNO.H3N/c14-11-6-4-5-10(9-11)13(16)15-12-7-2-1-3-8-12;/h4-6,9,12H,1-3,7-8H2,(H,15,16);1H3/i/hD. The van der Waals surface area contributed by atoms with Crippen LogP contribution in [-0.4, -0.2) is 11.9 Å². The molecule has 1 aliphatic carbocycles. The number of halogens is 1. The highest BCUT2D eigenvalue weighted by atomic mass is 79.9. The van der Waals surface area contributed by atoms with Crippen LogP contribution in [0.1, 0.15) is 42.5 Å². The van der Waals surface area contributed by atoms with Gasteiger partial charge in [0.15, 0.2) is 0 Å². The van der Waals surface area contributed by atoms with E-state index in [9.17, 15) is 4.79 Å². The van der Waals surface area contributed by atoms with Crippen LogP contribution in [0.3, 0.4) is 0 Å². The molecule has 0 unspecified atom stereocenters. The molecule has 1 aliphatic rings. The summed E-state index contributed by atoms with van der Waals surface area (Å²) in [6.07, 6.45) is 9.79. The minimum absolute atomic E-state index is 0.0493. The number of hydrogen-bond acceptors (Lipinski definition) is 2. The molecule has 4 heteroatoms. The van der Waals surface area contributed by atoms with E-state index in [0.29, 0.717) is 6.04 Å². The molecule has 0 heterocycles. The maximum atomic E-state index is 11.9. The van der Waals surface area contributed by atoms with Gasteiger partial charge in [-0.25, -0.2) is 0 Å². The van der Waals surface area contributed by atoms with Crippen LogP contribution in [0.5, 0.6) is 0 Å². The summed E-state index contributed by atoms with van der Waals surface area (Å²) in [6.45, 7) is 0. The van der Waals surface area contributed by atoms with Gasteiger partial charge in [0, 0.05) is 16.1 Å². The number of nitrogens with one attached hydrogen (secondary N) is 1. The maximum absolute atomic E-state index is 11.9. The smallest absolute Gasteiger partial charge is 0.251 e. The molecule has 1 fully saturated rings. The summed E-state index contributed by atoms with van der Waals surface area (Å²) in [7, 11) is 0. The molecular weight excluding hydrogens is 280 g/mol. The van der Waals surface area contributed by atoms with Crippen LogP contribution >= 0.6 is 15.9 Å². The fraction of sp³-hybridized carbons (Fsp3) is 0.462. The lowest BCUT2D eigenvalue weighted by Gasteiger charge is -2.22. The predicted molar refractivity (Wildman–Crippen MR) is 73.5 cm³/mol. The van der Waals surface area contributed by atoms with Crippen LogP contribution in [0, 0.1) is 0 Å². The first-order valence-corrected chi connectivity index (χ1v) is 6.61. The SMILES string of the molecule is O=C(NC1CCCCC1)c1cccc(Br)c1.[2H]N. The van der Waals surface area contributed by atoms with Crippen molar-refractivity contribution >= 4 is 21.8 Å². The predicted octanol–water partition coefficient (Wildman–Crippen LogP) is 3.67. The monoisotopic (exact) mass is 299 g/mol. The molecule has 0 bridgehead atoms. The molecule has 3 nitrogen and oxygen atoms in total. The van der Waals surface area contributed by atoms with Crippen molar-refractivity contribution in [2.75, 3.05) is 0 Å². The van der Waals surface area contributed by atoms with E-state index in [1.54, 1.807) is 0 Å². The number of benzene rings is 1. The molecular formula is C13H19BrN2O. The van der Waals surface area contributed by atoms with Gasteiger partial charge in [0.05, 0.1) is 0 Å². The Morgan fingerprint density at radius 3 is 2.71 bits per heavy atom. The van der Waals surface area contributed by atoms with Crippen molar-refractivity contribution in [1.29, 1.82) is 0 Å². The van der Waals surface area contributed by atoms with Crippen LogP contribution in [0.4, 0.5) is 0 Å². The van der Waals surface area contributed by atoms with Gasteiger partial charge < -0.3 is 11.5 Å². The molecule has 0 radical (unpaired) electrons. The molecule has 1 saturated carbocycles. The van der Waals surface area contributed by atoms with Crippen molar-refractivity contribution < 1.29 is 6.21 Å². The molecule has 0 aromatic heterocycles. The van der Waals surface area contributed by atoms with Crippen LogP contribution in [0.15, 0.2) is 28.7 Å². The quantitative estimate of drug-likeness (QED) is 0.875. The van der Waals surface area contributed by atoms with Crippen molar-refractivity contribution in [3.05, 3.63) is 34.3 Å². The number of amides is 1.